The average Bonchev–Trinajstić information content (AvgIpc) is 2.85. The van der Waals surface area contributed by atoms with E-state index >= 15 is 0 Å². The first-order valence-electron chi connectivity index (χ1n) is 6.49. The molecule has 108 valence electrons. The highest BCUT2D eigenvalue weighted by molar-refractivity contribution is 5.37. The first kappa shape index (κ1) is 14.3. The molecule has 2 aromatic heterocycles. The fourth-order valence-electron chi connectivity index (χ4n) is 1.74. The molecule has 2 N–H and O–H groups in total. The topological polar surface area (TPSA) is 80.4 Å². The fourth-order valence-corrected chi connectivity index (χ4v) is 1.74. The Morgan fingerprint density at radius 3 is 2.85 bits per heavy atom. The smallest absolute Gasteiger partial charge is 0.218 e. The molecule has 0 bridgehead atoms. The molecule has 0 saturated carbocycles. The first-order valence-corrected chi connectivity index (χ1v) is 6.49. The Bertz CT molecular complexity index is 566. The van der Waals surface area contributed by atoms with Crippen LogP contribution >= 0.6 is 0 Å². The predicted octanol–water partition coefficient (Wildman–Crippen LogP) is 2.10. The molecule has 6 heteroatoms. The molecule has 0 unspecified atom stereocenters. The Kier molecular flexibility index (Phi) is 4.24. The van der Waals surface area contributed by atoms with E-state index in [9.17, 15) is 5.11 Å². The molecular formula is C14H19N3O3. The molecular weight excluding hydrogens is 258 g/mol. The van der Waals surface area contributed by atoms with Gasteiger partial charge in [-0.15, -0.1) is 0 Å². The van der Waals surface area contributed by atoms with Crippen LogP contribution in [-0.2, 0) is 5.60 Å². The minimum Gasteiger partial charge on any atom is -0.478 e. The standard InChI is InChI=1S/C14H19N3O3/c1-4-19-13-7-12(16-9-17-13)15-8-14(3,18)11-6-5-10(2)20-11/h5-7,9,18H,4,8H2,1-3H3,(H,15,16,17)/t14-/m1/s1. The third-order valence-electron chi connectivity index (χ3n) is 2.82. The van der Waals surface area contributed by atoms with E-state index in [1.165, 1.54) is 6.33 Å². The van der Waals surface area contributed by atoms with Gasteiger partial charge in [-0.25, -0.2) is 9.97 Å². The van der Waals surface area contributed by atoms with Crippen LogP contribution in [-0.4, -0.2) is 28.2 Å². The molecule has 0 aliphatic heterocycles. The molecule has 0 fully saturated rings. The van der Waals surface area contributed by atoms with Crippen molar-refractivity contribution in [2.45, 2.75) is 26.4 Å². The Morgan fingerprint density at radius 2 is 2.20 bits per heavy atom. The number of aromatic nitrogens is 2. The zero-order chi connectivity index (χ0) is 14.6. The van der Waals surface area contributed by atoms with Gasteiger partial charge in [-0.1, -0.05) is 0 Å². The quantitative estimate of drug-likeness (QED) is 0.841. The average molecular weight is 277 g/mol. The first-order chi connectivity index (χ1) is 9.51. The summed E-state index contributed by atoms with van der Waals surface area (Å²) in [6.07, 6.45) is 1.42. The molecule has 2 heterocycles. The van der Waals surface area contributed by atoms with Crippen molar-refractivity contribution in [2.24, 2.45) is 0 Å². The van der Waals surface area contributed by atoms with Gasteiger partial charge in [0.2, 0.25) is 5.88 Å². The maximum absolute atomic E-state index is 10.4. The van der Waals surface area contributed by atoms with Crippen LogP contribution in [0.5, 0.6) is 5.88 Å². The van der Waals surface area contributed by atoms with Crippen LogP contribution in [0.2, 0.25) is 0 Å². The van der Waals surface area contributed by atoms with Crippen LogP contribution in [0.25, 0.3) is 0 Å². The van der Waals surface area contributed by atoms with E-state index in [-0.39, 0.29) is 6.54 Å². The summed E-state index contributed by atoms with van der Waals surface area (Å²) in [7, 11) is 0. The van der Waals surface area contributed by atoms with Crippen molar-refractivity contribution in [2.75, 3.05) is 18.5 Å². The van der Waals surface area contributed by atoms with E-state index in [1.807, 2.05) is 19.9 Å². The second kappa shape index (κ2) is 5.92. The van der Waals surface area contributed by atoms with Crippen molar-refractivity contribution < 1.29 is 14.3 Å². The van der Waals surface area contributed by atoms with E-state index in [0.717, 1.165) is 5.76 Å². The van der Waals surface area contributed by atoms with Gasteiger partial charge in [0.1, 0.15) is 29.3 Å². The van der Waals surface area contributed by atoms with Crippen molar-refractivity contribution in [3.63, 3.8) is 0 Å². The predicted molar refractivity (Wildman–Crippen MR) is 74.7 cm³/mol. The second-order valence-electron chi connectivity index (χ2n) is 4.71. The normalized spacial score (nSPS) is 13.8. The number of hydrogen-bond donors (Lipinski definition) is 2. The Labute approximate surface area is 117 Å². The summed E-state index contributed by atoms with van der Waals surface area (Å²) in [5.41, 5.74) is -1.12. The maximum Gasteiger partial charge on any atom is 0.218 e. The zero-order valence-electron chi connectivity index (χ0n) is 11.9. The van der Waals surface area contributed by atoms with Crippen LogP contribution in [0.1, 0.15) is 25.4 Å². The van der Waals surface area contributed by atoms with Gasteiger partial charge in [0.25, 0.3) is 0 Å². The van der Waals surface area contributed by atoms with Crippen LogP contribution in [0, 0.1) is 6.92 Å². The molecule has 0 aliphatic rings. The fraction of sp³-hybridized carbons (Fsp3) is 0.429. The number of aryl methyl sites for hydroxylation is 1. The van der Waals surface area contributed by atoms with Crippen molar-refractivity contribution in [3.05, 3.63) is 36.0 Å². The van der Waals surface area contributed by atoms with Gasteiger partial charge in [-0.05, 0) is 32.9 Å². The number of nitrogens with one attached hydrogen (secondary N) is 1. The Morgan fingerprint density at radius 1 is 1.40 bits per heavy atom. The highest BCUT2D eigenvalue weighted by Gasteiger charge is 2.26. The van der Waals surface area contributed by atoms with Crippen molar-refractivity contribution in [1.82, 2.24) is 9.97 Å². The van der Waals surface area contributed by atoms with E-state index < -0.39 is 5.60 Å². The second-order valence-corrected chi connectivity index (χ2v) is 4.71. The summed E-state index contributed by atoms with van der Waals surface area (Å²) >= 11 is 0. The van der Waals surface area contributed by atoms with Crippen LogP contribution in [0.15, 0.2) is 28.9 Å². The number of hydrogen-bond acceptors (Lipinski definition) is 6. The number of nitrogens with zero attached hydrogens (tertiary/aromatic N) is 2. The van der Waals surface area contributed by atoms with Crippen LogP contribution in [0.3, 0.4) is 0 Å². The van der Waals surface area contributed by atoms with E-state index in [0.29, 0.717) is 24.1 Å². The molecule has 1 atom stereocenters. The lowest BCUT2D eigenvalue weighted by Crippen LogP contribution is -2.30. The molecule has 2 aromatic rings. The van der Waals surface area contributed by atoms with Gasteiger partial charge in [0, 0.05) is 6.07 Å². The van der Waals surface area contributed by atoms with Crippen LogP contribution in [0.4, 0.5) is 5.82 Å². The van der Waals surface area contributed by atoms with Gasteiger partial charge in [0.15, 0.2) is 0 Å². The minimum absolute atomic E-state index is 0.266. The van der Waals surface area contributed by atoms with Crippen molar-refractivity contribution in [3.8, 4) is 5.88 Å². The lowest BCUT2D eigenvalue weighted by atomic mass is 10.0. The summed E-state index contributed by atoms with van der Waals surface area (Å²) < 4.78 is 10.7. The molecule has 0 radical (unpaired) electrons. The third-order valence-corrected chi connectivity index (χ3v) is 2.82. The summed E-state index contributed by atoms with van der Waals surface area (Å²) in [5.74, 6) is 2.37. The SMILES string of the molecule is CCOc1cc(NC[C@@](C)(O)c2ccc(C)o2)ncn1. The molecule has 0 aromatic carbocycles. The summed E-state index contributed by atoms with van der Waals surface area (Å²) in [6, 6.07) is 5.28. The monoisotopic (exact) mass is 277 g/mol. The minimum atomic E-state index is -1.12. The lowest BCUT2D eigenvalue weighted by molar-refractivity contribution is 0.0467. The highest BCUT2D eigenvalue weighted by Crippen LogP contribution is 2.23. The molecule has 0 spiro atoms. The number of rotatable bonds is 6. The molecule has 0 aliphatic carbocycles. The van der Waals surface area contributed by atoms with Crippen molar-refractivity contribution in [1.29, 1.82) is 0 Å². The molecule has 6 nitrogen and oxygen atoms in total. The van der Waals surface area contributed by atoms with E-state index in [1.54, 1.807) is 19.1 Å². The van der Waals surface area contributed by atoms with Gasteiger partial charge < -0.3 is 19.6 Å². The van der Waals surface area contributed by atoms with E-state index in [4.69, 9.17) is 9.15 Å². The molecule has 2 rings (SSSR count). The Hall–Kier alpha value is -2.08. The number of aliphatic hydroxyl groups is 1. The van der Waals surface area contributed by atoms with E-state index in [2.05, 4.69) is 15.3 Å². The Balaban J connectivity index is 2.02. The van der Waals surface area contributed by atoms with Gasteiger partial charge in [-0.3, -0.25) is 0 Å². The highest BCUT2D eigenvalue weighted by atomic mass is 16.5. The van der Waals surface area contributed by atoms with Gasteiger partial charge in [-0.2, -0.15) is 0 Å². The molecule has 20 heavy (non-hydrogen) atoms. The zero-order valence-corrected chi connectivity index (χ0v) is 11.9. The molecule has 0 saturated heterocycles. The summed E-state index contributed by atoms with van der Waals surface area (Å²) in [4.78, 5) is 8.06. The van der Waals surface area contributed by atoms with Crippen molar-refractivity contribution >= 4 is 5.82 Å². The number of furan rings is 1. The number of ether oxygens (including phenoxy) is 1. The summed E-state index contributed by atoms with van der Waals surface area (Å²) in [6.45, 7) is 6.22. The lowest BCUT2D eigenvalue weighted by Gasteiger charge is -2.21. The molecule has 0 amide bonds. The number of anilines is 1. The maximum atomic E-state index is 10.4. The van der Waals surface area contributed by atoms with Gasteiger partial charge >= 0.3 is 0 Å². The largest absolute Gasteiger partial charge is 0.478 e. The third kappa shape index (κ3) is 3.48. The van der Waals surface area contributed by atoms with Crippen LogP contribution < -0.4 is 10.1 Å². The van der Waals surface area contributed by atoms with Gasteiger partial charge in [0.05, 0.1) is 13.2 Å². The summed E-state index contributed by atoms with van der Waals surface area (Å²) in [5, 5.41) is 13.5.